The highest BCUT2D eigenvalue weighted by Crippen LogP contribution is 2.38. The Kier molecular flexibility index (Phi) is 4.90. The van der Waals surface area contributed by atoms with E-state index in [2.05, 4.69) is 28.6 Å². The van der Waals surface area contributed by atoms with E-state index >= 15 is 0 Å². The van der Waals surface area contributed by atoms with Crippen molar-refractivity contribution < 1.29 is 4.92 Å². The molecule has 1 saturated carbocycles. The van der Waals surface area contributed by atoms with Gasteiger partial charge in [-0.2, -0.15) is 12.6 Å². The smallest absolute Gasteiger partial charge is 0.286 e. The van der Waals surface area contributed by atoms with Gasteiger partial charge in [0.05, 0.1) is 15.6 Å². The fourth-order valence-corrected chi connectivity index (χ4v) is 3.71. The normalized spacial score (nSPS) is 17.9. The molecular weight excluding hydrogens is 344 g/mol. The maximum atomic E-state index is 12.1. The summed E-state index contributed by atoms with van der Waals surface area (Å²) in [7, 11) is 0. The lowest BCUT2D eigenvalue weighted by Crippen LogP contribution is -2.35. The van der Waals surface area contributed by atoms with Gasteiger partial charge in [0.1, 0.15) is 0 Å². The predicted octanol–water partition coefficient (Wildman–Crippen LogP) is 3.40. The zero-order chi connectivity index (χ0) is 14.8. The number of halogens is 1. The fourth-order valence-electron chi connectivity index (χ4n) is 2.83. The van der Waals surface area contributed by atoms with E-state index in [0.717, 1.165) is 25.7 Å². The molecule has 110 valence electrons. The van der Waals surface area contributed by atoms with E-state index in [-0.39, 0.29) is 21.1 Å². The van der Waals surface area contributed by atoms with Gasteiger partial charge in [0.25, 0.3) is 11.2 Å². The quantitative estimate of drug-likeness (QED) is 0.508. The van der Waals surface area contributed by atoms with E-state index in [9.17, 15) is 14.9 Å². The zero-order valence-corrected chi connectivity index (χ0v) is 13.5. The van der Waals surface area contributed by atoms with Crippen LogP contribution in [-0.2, 0) is 6.54 Å². The van der Waals surface area contributed by atoms with E-state index in [1.54, 1.807) is 0 Å². The Balaban J connectivity index is 2.36. The minimum absolute atomic E-state index is 0.0279. The summed E-state index contributed by atoms with van der Waals surface area (Å²) >= 11 is 7.56. The molecular formula is C13H17BrN2O3S. The molecule has 20 heavy (non-hydrogen) atoms. The third-order valence-corrected chi connectivity index (χ3v) is 5.23. The first-order valence-corrected chi connectivity index (χ1v) is 8.05. The Morgan fingerprint density at radius 3 is 2.60 bits per heavy atom. The summed E-state index contributed by atoms with van der Waals surface area (Å²) in [6.45, 7) is 0.496. The minimum atomic E-state index is -0.477. The first-order chi connectivity index (χ1) is 9.47. The number of aromatic nitrogens is 1. The molecule has 0 bridgehead atoms. The van der Waals surface area contributed by atoms with Gasteiger partial charge in [-0.15, -0.1) is 0 Å². The lowest BCUT2D eigenvalue weighted by Gasteiger charge is -2.36. The monoisotopic (exact) mass is 360 g/mol. The Morgan fingerprint density at radius 2 is 2.05 bits per heavy atom. The molecule has 5 nitrogen and oxygen atoms in total. The maximum absolute atomic E-state index is 12.1. The standard InChI is InChI=1S/C13H17BrN2O3S/c14-11-6-10(16(18)19)7-15(12(11)17)8-13(9-20)4-2-1-3-5-13/h6-7,20H,1-5,8-9H2. The van der Waals surface area contributed by atoms with Crippen molar-refractivity contribution in [1.29, 1.82) is 0 Å². The van der Waals surface area contributed by atoms with Crippen LogP contribution >= 0.6 is 28.6 Å². The van der Waals surface area contributed by atoms with Crippen LogP contribution in [0, 0.1) is 15.5 Å². The summed E-state index contributed by atoms with van der Waals surface area (Å²) in [4.78, 5) is 22.6. The molecule has 1 aromatic heterocycles. The predicted molar refractivity (Wildman–Crippen MR) is 84.4 cm³/mol. The van der Waals surface area contributed by atoms with Gasteiger partial charge in [0, 0.05) is 12.6 Å². The Labute approximate surface area is 131 Å². The van der Waals surface area contributed by atoms with Crippen LogP contribution in [0.15, 0.2) is 21.5 Å². The number of nitrogens with zero attached hydrogens (tertiary/aromatic N) is 2. The molecule has 1 aromatic rings. The van der Waals surface area contributed by atoms with Crippen molar-refractivity contribution in [2.24, 2.45) is 5.41 Å². The summed E-state index contributed by atoms with van der Waals surface area (Å²) in [6, 6.07) is 1.26. The van der Waals surface area contributed by atoms with Gasteiger partial charge in [-0.3, -0.25) is 14.9 Å². The fraction of sp³-hybridized carbons (Fsp3) is 0.615. The molecule has 0 aromatic carbocycles. The van der Waals surface area contributed by atoms with Crippen LogP contribution in [0.4, 0.5) is 5.69 Å². The van der Waals surface area contributed by atoms with Crippen molar-refractivity contribution in [3.63, 3.8) is 0 Å². The molecule has 2 rings (SSSR count). The molecule has 1 fully saturated rings. The van der Waals surface area contributed by atoms with Crippen LogP contribution in [-0.4, -0.2) is 15.2 Å². The number of thiol groups is 1. The molecule has 1 heterocycles. The van der Waals surface area contributed by atoms with E-state index in [4.69, 9.17) is 0 Å². The van der Waals surface area contributed by atoms with Crippen LogP contribution < -0.4 is 5.56 Å². The average Bonchev–Trinajstić information content (AvgIpc) is 2.44. The minimum Gasteiger partial charge on any atom is -0.307 e. The lowest BCUT2D eigenvalue weighted by molar-refractivity contribution is -0.385. The SMILES string of the molecule is O=c1c(Br)cc([N+](=O)[O-])cn1CC1(CS)CCCCC1. The Morgan fingerprint density at radius 1 is 1.40 bits per heavy atom. The van der Waals surface area contributed by atoms with Crippen molar-refractivity contribution in [2.75, 3.05) is 5.75 Å². The van der Waals surface area contributed by atoms with Crippen LogP contribution in [0.5, 0.6) is 0 Å². The van der Waals surface area contributed by atoms with Gasteiger partial charge in [-0.05, 0) is 39.9 Å². The van der Waals surface area contributed by atoms with E-state index < -0.39 is 4.92 Å². The second-order valence-electron chi connectivity index (χ2n) is 5.46. The molecule has 1 aliphatic rings. The molecule has 7 heteroatoms. The molecule has 0 amide bonds. The summed E-state index contributed by atoms with van der Waals surface area (Å²) in [5, 5.41) is 10.9. The van der Waals surface area contributed by atoms with Crippen LogP contribution in [0.3, 0.4) is 0 Å². The van der Waals surface area contributed by atoms with Crippen LogP contribution in [0.25, 0.3) is 0 Å². The van der Waals surface area contributed by atoms with Gasteiger partial charge in [0.15, 0.2) is 0 Å². The number of hydrogen-bond acceptors (Lipinski definition) is 4. The van der Waals surface area contributed by atoms with E-state index in [1.807, 2.05) is 0 Å². The summed E-state index contributed by atoms with van der Waals surface area (Å²) < 4.78 is 1.70. The highest BCUT2D eigenvalue weighted by molar-refractivity contribution is 9.10. The van der Waals surface area contributed by atoms with E-state index in [1.165, 1.54) is 23.3 Å². The van der Waals surface area contributed by atoms with E-state index in [0.29, 0.717) is 12.3 Å². The molecule has 0 spiro atoms. The van der Waals surface area contributed by atoms with Crippen molar-refractivity contribution in [2.45, 2.75) is 38.6 Å². The van der Waals surface area contributed by atoms with Gasteiger partial charge in [-0.25, -0.2) is 0 Å². The molecule has 0 saturated heterocycles. The molecule has 0 atom stereocenters. The number of nitro groups is 1. The molecule has 0 aliphatic heterocycles. The topological polar surface area (TPSA) is 65.1 Å². The largest absolute Gasteiger partial charge is 0.307 e. The van der Waals surface area contributed by atoms with Gasteiger partial charge in [-0.1, -0.05) is 19.3 Å². The van der Waals surface area contributed by atoms with Crippen LogP contribution in [0.2, 0.25) is 0 Å². The average molecular weight is 361 g/mol. The third-order valence-electron chi connectivity index (χ3n) is 3.99. The highest BCUT2D eigenvalue weighted by Gasteiger charge is 2.32. The first kappa shape index (κ1) is 15.6. The number of pyridine rings is 1. The Bertz CT molecular complexity index is 567. The van der Waals surface area contributed by atoms with Gasteiger partial charge in [0.2, 0.25) is 0 Å². The van der Waals surface area contributed by atoms with Crippen LogP contribution in [0.1, 0.15) is 32.1 Å². The second-order valence-corrected chi connectivity index (χ2v) is 6.63. The maximum Gasteiger partial charge on any atom is 0.286 e. The highest BCUT2D eigenvalue weighted by atomic mass is 79.9. The van der Waals surface area contributed by atoms with Gasteiger partial charge >= 0.3 is 0 Å². The lowest BCUT2D eigenvalue weighted by atomic mass is 9.75. The van der Waals surface area contributed by atoms with Crippen molar-refractivity contribution in [3.8, 4) is 0 Å². The summed E-state index contributed by atoms with van der Waals surface area (Å²) in [5.74, 6) is 0.694. The summed E-state index contributed by atoms with van der Waals surface area (Å²) in [6.07, 6.45) is 6.85. The van der Waals surface area contributed by atoms with Gasteiger partial charge < -0.3 is 4.57 Å². The molecule has 0 unspecified atom stereocenters. The Hall–Kier alpha value is -0.820. The number of hydrogen-bond donors (Lipinski definition) is 1. The first-order valence-electron chi connectivity index (χ1n) is 6.63. The third kappa shape index (κ3) is 3.25. The molecule has 0 N–H and O–H groups in total. The molecule has 0 radical (unpaired) electrons. The summed E-state index contributed by atoms with van der Waals surface area (Å²) in [5.41, 5.74) is -0.316. The zero-order valence-electron chi connectivity index (χ0n) is 11.0. The molecule has 1 aliphatic carbocycles. The number of rotatable bonds is 4. The second kappa shape index (κ2) is 6.30. The van der Waals surface area contributed by atoms with Crippen molar-refractivity contribution in [3.05, 3.63) is 37.2 Å². The van der Waals surface area contributed by atoms with Crippen molar-refractivity contribution >= 4 is 34.2 Å². The van der Waals surface area contributed by atoms with Crippen molar-refractivity contribution in [1.82, 2.24) is 4.57 Å².